The van der Waals surface area contributed by atoms with E-state index in [0.717, 1.165) is 18.4 Å². The van der Waals surface area contributed by atoms with Gasteiger partial charge >= 0.3 is 0 Å². The van der Waals surface area contributed by atoms with Crippen LogP contribution < -0.4 is 5.56 Å². The number of hydrogen-bond donors (Lipinski definition) is 0. The number of rotatable bonds is 5. The number of hydrogen-bond acceptors (Lipinski definition) is 2. The lowest BCUT2D eigenvalue weighted by molar-refractivity contribution is 0.626. The van der Waals surface area contributed by atoms with Gasteiger partial charge in [0.1, 0.15) is 5.69 Å². The van der Waals surface area contributed by atoms with Crippen molar-refractivity contribution in [1.82, 2.24) is 9.55 Å². The highest BCUT2D eigenvalue weighted by Crippen LogP contribution is 2.11. The van der Waals surface area contributed by atoms with Crippen molar-refractivity contribution in [3.63, 3.8) is 0 Å². The maximum atomic E-state index is 12.2. The second kappa shape index (κ2) is 5.96. The van der Waals surface area contributed by atoms with E-state index in [1.165, 1.54) is 0 Å². The molecule has 0 radical (unpaired) electrons. The van der Waals surface area contributed by atoms with Gasteiger partial charge in [-0.15, -0.1) is 6.58 Å². The van der Waals surface area contributed by atoms with E-state index in [2.05, 4.69) is 11.6 Å². The molecule has 0 fully saturated rings. The Kier molecular flexibility index (Phi) is 4.07. The maximum Gasteiger partial charge on any atom is 0.277 e. The van der Waals surface area contributed by atoms with Crippen molar-refractivity contribution >= 4 is 0 Å². The number of nitrogens with zero attached hydrogens (tertiary/aromatic N) is 2. The third-order valence-electron chi connectivity index (χ3n) is 2.77. The Hall–Kier alpha value is -2.16. The average Bonchev–Trinajstić information content (AvgIpc) is 2.42. The molecule has 0 amide bonds. The van der Waals surface area contributed by atoms with Gasteiger partial charge in [-0.3, -0.25) is 4.79 Å². The molecule has 1 aromatic carbocycles. The van der Waals surface area contributed by atoms with Crippen LogP contribution in [-0.2, 0) is 6.54 Å². The zero-order valence-electron chi connectivity index (χ0n) is 10.2. The topological polar surface area (TPSA) is 34.9 Å². The Bertz CT molecular complexity index is 573. The number of aromatic nitrogens is 2. The first-order chi connectivity index (χ1) is 8.83. The quantitative estimate of drug-likeness (QED) is 0.595. The molecule has 0 bridgehead atoms. The Balaban J connectivity index is 2.31. The molecule has 2 aromatic rings. The molecule has 0 spiro atoms. The van der Waals surface area contributed by atoms with E-state index in [0.29, 0.717) is 12.2 Å². The summed E-state index contributed by atoms with van der Waals surface area (Å²) in [5, 5.41) is 0. The van der Waals surface area contributed by atoms with Crippen molar-refractivity contribution in [2.45, 2.75) is 19.4 Å². The smallest absolute Gasteiger partial charge is 0.277 e. The van der Waals surface area contributed by atoms with Crippen LogP contribution in [0.2, 0.25) is 0 Å². The van der Waals surface area contributed by atoms with Gasteiger partial charge in [0.25, 0.3) is 5.56 Å². The van der Waals surface area contributed by atoms with E-state index in [1.54, 1.807) is 17.0 Å². The highest BCUT2D eigenvalue weighted by molar-refractivity contribution is 5.57. The van der Waals surface area contributed by atoms with Gasteiger partial charge in [0.15, 0.2) is 0 Å². The minimum Gasteiger partial charge on any atom is -0.312 e. The van der Waals surface area contributed by atoms with E-state index >= 15 is 0 Å². The molecule has 2 rings (SSSR count). The van der Waals surface area contributed by atoms with Crippen LogP contribution >= 0.6 is 0 Å². The first kappa shape index (κ1) is 12.3. The van der Waals surface area contributed by atoms with E-state index in [1.807, 2.05) is 36.4 Å². The fraction of sp³-hybridized carbons (Fsp3) is 0.200. The van der Waals surface area contributed by atoms with Gasteiger partial charge in [0.2, 0.25) is 0 Å². The lowest BCUT2D eigenvalue weighted by Gasteiger charge is -2.06. The predicted molar refractivity (Wildman–Crippen MR) is 73.4 cm³/mol. The highest BCUT2D eigenvalue weighted by Gasteiger charge is 2.06. The van der Waals surface area contributed by atoms with Gasteiger partial charge in [0.05, 0.1) is 0 Å². The summed E-state index contributed by atoms with van der Waals surface area (Å²) in [6.07, 6.45) is 7.11. The number of allylic oxidation sites excluding steroid dienone is 1. The molecule has 3 heteroatoms. The molecular weight excluding hydrogens is 224 g/mol. The van der Waals surface area contributed by atoms with E-state index in [4.69, 9.17) is 0 Å². The van der Waals surface area contributed by atoms with Gasteiger partial charge in [-0.1, -0.05) is 36.4 Å². The second-order valence-corrected chi connectivity index (χ2v) is 4.07. The molecule has 0 aliphatic heterocycles. The van der Waals surface area contributed by atoms with Crippen LogP contribution in [0.25, 0.3) is 11.3 Å². The molecule has 0 aliphatic carbocycles. The minimum absolute atomic E-state index is 0.0345. The van der Waals surface area contributed by atoms with E-state index < -0.39 is 0 Å². The van der Waals surface area contributed by atoms with E-state index in [-0.39, 0.29) is 5.56 Å². The summed E-state index contributed by atoms with van der Waals surface area (Å²) in [5.74, 6) is 0. The highest BCUT2D eigenvalue weighted by atomic mass is 16.1. The van der Waals surface area contributed by atoms with Crippen LogP contribution in [0.15, 0.2) is 60.2 Å². The molecule has 1 heterocycles. The first-order valence-corrected chi connectivity index (χ1v) is 6.04. The van der Waals surface area contributed by atoms with Gasteiger partial charge < -0.3 is 4.57 Å². The number of benzene rings is 1. The fourth-order valence-electron chi connectivity index (χ4n) is 1.82. The molecule has 18 heavy (non-hydrogen) atoms. The first-order valence-electron chi connectivity index (χ1n) is 6.04. The summed E-state index contributed by atoms with van der Waals surface area (Å²) >= 11 is 0. The minimum atomic E-state index is -0.0345. The molecule has 0 saturated heterocycles. The normalized spacial score (nSPS) is 10.2. The van der Waals surface area contributed by atoms with Gasteiger partial charge in [0, 0.05) is 24.5 Å². The monoisotopic (exact) mass is 240 g/mol. The van der Waals surface area contributed by atoms with Crippen molar-refractivity contribution < 1.29 is 0 Å². The Morgan fingerprint density at radius 1 is 1.28 bits per heavy atom. The second-order valence-electron chi connectivity index (χ2n) is 4.07. The average molecular weight is 240 g/mol. The lowest BCUT2D eigenvalue weighted by Crippen LogP contribution is -2.22. The predicted octanol–water partition coefficient (Wildman–Crippen LogP) is 2.88. The van der Waals surface area contributed by atoms with E-state index in [9.17, 15) is 4.79 Å². The Labute approximate surface area is 106 Å². The van der Waals surface area contributed by atoms with Crippen LogP contribution in [0.1, 0.15) is 12.8 Å². The Morgan fingerprint density at radius 3 is 2.78 bits per heavy atom. The van der Waals surface area contributed by atoms with Crippen molar-refractivity contribution in [2.24, 2.45) is 0 Å². The van der Waals surface area contributed by atoms with Crippen molar-refractivity contribution in [3.05, 3.63) is 65.7 Å². The largest absolute Gasteiger partial charge is 0.312 e. The fourth-order valence-corrected chi connectivity index (χ4v) is 1.82. The van der Waals surface area contributed by atoms with Crippen LogP contribution in [0, 0.1) is 0 Å². The molecule has 0 N–H and O–H groups in total. The summed E-state index contributed by atoms with van der Waals surface area (Å²) in [6.45, 7) is 4.38. The van der Waals surface area contributed by atoms with Gasteiger partial charge in [-0.25, -0.2) is 4.98 Å². The molecule has 92 valence electrons. The van der Waals surface area contributed by atoms with Gasteiger partial charge in [-0.2, -0.15) is 0 Å². The van der Waals surface area contributed by atoms with Crippen molar-refractivity contribution in [2.75, 3.05) is 0 Å². The summed E-state index contributed by atoms with van der Waals surface area (Å²) in [7, 11) is 0. The molecule has 0 aliphatic rings. The number of aryl methyl sites for hydroxylation is 1. The summed E-state index contributed by atoms with van der Waals surface area (Å²) < 4.78 is 1.71. The maximum absolute atomic E-state index is 12.2. The lowest BCUT2D eigenvalue weighted by atomic mass is 10.1. The van der Waals surface area contributed by atoms with Crippen LogP contribution in [0.3, 0.4) is 0 Å². The van der Waals surface area contributed by atoms with Crippen LogP contribution in [0.5, 0.6) is 0 Å². The molecular formula is C15H16N2O. The molecule has 0 unspecified atom stereocenters. The Morgan fingerprint density at radius 2 is 2.06 bits per heavy atom. The van der Waals surface area contributed by atoms with Crippen molar-refractivity contribution in [3.8, 4) is 11.3 Å². The molecule has 3 nitrogen and oxygen atoms in total. The summed E-state index contributed by atoms with van der Waals surface area (Å²) in [5.41, 5.74) is 1.34. The standard InChI is InChI=1S/C15H16N2O/c1-2-3-7-11-17-12-10-16-14(15(17)18)13-8-5-4-6-9-13/h2,4-6,8-10,12H,1,3,7,11H2. The van der Waals surface area contributed by atoms with Gasteiger partial charge in [-0.05, 0) is 12.8 Å². The third kappa shape index (κ3) is 2.74. The third-order valence-corrected chi connectivity index (χ3v) is 2.77. The summed E-state index contributed by atoms with van der Waals surface area (Å²) in [6, 6.07) is 9.54. The zero-order chi connectivity index (χ0) is 12.8. The molecule has 1 aromatic heterocycles. The van der Waals surface area contributed by atoms with Crippen LogP contribution in [0.4, 0.5) is 0 Å². The van der Waals surface area contributed by atoms with Crippen LogP contribution in [-0.4, -0.2) is 9.55 Å². The SMILES string of the molecule is C=CCCCn1ccnc(-c2ccccc2)c1=O. The molecule has 0 saturated carbocycles. The number of unbranched alkanes of at least 4 members (excludes halogenated alkanes) is 1. The zero-order valence-corrected chi connectivity index (χ0v) is 10.2. The molecule has 0 atom stereocenters. The summed E-state index contributed by atoms with van der Waals surface area (Å²) in [4.78, 5) is 16.4. The van der Waals surface area contributed by atoms with Crippen molar-refractivity contribution in [1.29, 1.82) is 0 Å².